The minimum Gasteiger partial charge on any atom is -0.455 e. The van der Waals surface area contributed by atoms with Crippen LogP contribution in [0.4, 0.5) is 10.6 Å². The molecule has 1 saturated heterocycles. The Morgan fingerprint density at radius 1 is 1.39 bits per heavy atom. The molecule has 1 fully saturated rings. The maximum absolute atomic E-state index is 12.8. The molecule has 0 aromatic carbocycles. The van der Waals surface area contributed by atoms with Gasteiger partial charge >= 0.3 is 17.8 Å². The number of aliphatic hydroxyl groups excluding tert-OH is 2. The van der Waals surface area contributed by atoms with Crippen LogP contribution in [0.2, 0.25) is 0 Å². The highest BCUT2D eigenvalue weighted by Crippen LogP contribution is 2.31. The molecule has 1 aromatic rings. The van der Waals surface area contributed by atoms with Crippen molar-refractivity contribution >= 4 is 17.9 Å². The van der Waals surface area contributed by atoms with Crippen LogP contribution in [0.3, 0.4) is 0 Å². The Bertz CT molecular complexity index is 850. The summed E-state index contributed by atoms with van der Waals surface area (Å²) in [5.41, 5.74) is 3.92. The average molecular weight is 442 g/mol. The van der Waals surface area contributed by atoms with Gasteiger partial charge in [-0.05, 0) is 32.8 Å². The molecular weight excluding hydrogens is 412 g/mol. The first-order chi connectivity index (χ1) is 14.3. The lowest BCUT2D eigenvalue weighted by Crippen LogP contribution is -2.50. The third kappa shape index (κ3) is 6.15. The first kappa shape index (κ1) is 24.6. The van der Waals surface area contributed by atoms with E-state index in [4.69, 9.17) is 19.9 Å². The monoisotopic (exact) mass is 442 g/mol. The van der Waals surface area contributed by atoms with E-state index in [2.05, 4.69) is 10.3 Å². The Balaban J connectivity index is 2.17. The standard InChI is InChI=1S/C19H30N4O8/c1-9(2)12(22-18(28)31-19(3,4)5)16(26)30-14-10(8-24)29-15(13(14)25)23-7-6-11(20)21-17(23)27/h6-7,9-10,12-15,24-25H,8H2,1-5H3,(H,22,28)(H2,20,21,27)/t10-,12?,13?,14?,15-/m1/s1. The third-order valence-corrected chi connectivity index (χ3v) is 4.46. The maximum Gasteiger partial charge on any atom is 0.408 e. The number of carbonyl (C=O) groups is 2. The van der Waals surface area contributed by atoms with Crippen molar-refractivity contribution in [1.29, 1.82) is 0 Å². The Labute approximate surface area is 179 Å². The lowest BCUT2D eigenvalue weighted by atomic mass is 10.0. The molecule has 0 spiro atoms. The summed E-state index contributed by atoms with van der Waals surface area (Å²) < 4.78 is 17.1. The van der Waals surface area contributed by atoms with Crippen molar-refractivity contribution in [2.24, 2.45) is 5.92 Å². The number of rotatable bonds is 6. The topological polar surface area (TPSA) is 175 Å². The van der Waals surface area contributed by atoms with Gasteiger partial charge in [0.1, 0.15) is 29.7 Å². The molecule has 0 bridgehead atoms. The van der Waals surface area contributed by atoms with E-state index in [1.807, 2.05) is 0 Å². The van der Waals surface area contributed by atoms with Crippen molar-refractivity contribution in [2.75, 3.05) is 12.3 Å². The molecule has 5 atom stereocenters. The van der Waals surface area contributed by atoms with Crippen LogP contribution in [0.5, 0.6) is 0 Å². The van der Waals surface area contributed by atoms with Gasteiger partial charge in [0.05, 0.1) is 6.61 Å². The molecule has 12 nitrogen and oxygen atoms in total. The minimum absolute atomic E-state index is 0.0107. The number of nitrogen functional groups attached to an aromatic ring is 1. The molecule has 1 aliphatic heterocycles. The predicted molar refractivity (Wildman–Crippen MR) is 108 cm³/mol. The average Bonchev–Trinajstić information content (AvgIpc) is 2.94. The van der Waals surface area contributed by atoms with Crippen molar-refractivity contribution in [1.82, 2.24) is 14.9 Å². The van der Waals surface area contributed by atoms with Gasteiger partial charge in [0.2, 0.25) is 0 Å². The fraction of sp³-hybridized carbons (Fsp3) is 0.684. The molecule has 1 aliphatic rings. The summed E-state index contributed by atoms with van der Waals surface area (Å²) in [6.07, 6.45) is -4.68. The summed E-state index contributed by atoms with van der Waals surface area (Å²) in [6.45, 7) is 7.84. The lowest BCUT2D eigenvalue weighted by Gasteiger charge is -2.27. The number of esters is 1. The normalized spacial score (nSPS) is 24.6. The van der Waals surface area contributed by atoms with Crippen LogP contribution in [0.1, 0.15) is 40.8 Å². The number of nitrogens with one attached hydrogen (secondary N) is 1. The van der Waals surface area contributed by atoms with E-state index >= 15 is 0 Å². The van der Waals surface area contributed by atoms with Gasteiger partial charge in [-0.1, -0.05) is 13.8 Å². The Morgan fingerprint density at radius 2 is 2.03 bits per heavy atom. The van der Waals surface area contributed by atoms with E-state index in [9.17, 15) is 24.6 Å². The van der Waals surface area contributed by atoms with Crippen molar-refractivity contribution in [2.45, 2.75) is 70.8 Å². The highest BCUT2D eigenvalue weighted by atomic mass is 16.6. The summed E-state index contributed by atoms with van der Waals surface area (Å²) >= 11 is 0. The summed E-state index contributed by atoms with van der Waals surface area (Å²) in [4.78, 5) is 40.5. The molecule has 5 N–H and O–H groups in total. The number of aromatic nitrogens is 2. The summed E-state index contributed by atoms with van der Waals surface area (Å²) in [7, 11) is 0. The molecule has 1 amide bonds. The fourth-order valence-electron chi connectivity index (χ4n) is 3.00. The van der Waals surface area contributed by atoms with Gasteiger partial charge < -0.3 is 35.5 Å². The van der Waals surface area contributed by atoms with Crippen LogP contribution in [-0.2, 0) is 19.0 Å². The Morgan fingerprint density at radius 3 is 2.55 bits per heavy atom. The van der Waals surface area contributed by atoms with Crippen molar-refractivity contribution in [3.8, 4) is 0 Å². The number of aliphatic hydroxyl groups is 2. The van der Waals surface area contributed by atoms with Gasteiger partial charge in [0.25, 0.3) is 0 Å². The second-order valence-electron chi connectivity index (χ2n) is 8.55. The first-order valence-electron chi connectivity index (χ1n) is 9.83. The number of hydrogen-bond donors (Lipinski definition) is 4. The lowest BCUT2D eigenvalue weighted by molar-refractivity contribution is -0.160. The third-order valence-electron chi connectivity index (χ3n) is 4.46. The number of hydrogen-bond acceptors (Lipinski definition) is 10. The number of nitrogens with two attached hydrogens (primary N) is 1. The predicted octanol–water partition coefficient (Wildman–Crippen LogP) is -0.463. The highest BCUT2D eigenvalue weighted by molar-refractivity contribution is 5.81. The Hall–Kier alpha value is -2.70. The van der Waals surface area contributed by atoms with Crippen LogP contribution in [0, 0.1) is 5.92 Å². The Kier molecular flexibility index (Phi) is 7.63. The van der Waals surface area contributed by atoms with E-state index in [0.717, 1.165) is 4.57 Å². The van der Waals surface area contributed by atoms with E-state index in [-0.39, 0.29) is 11.7 Å². The van der Waals surface area contributed by atoms with Crippen molar-refractivity contribution in [3.05, 3.63) is 22.7 Å². The van der Waals surface area contributed by atoms with Crippen LogP contribution < -0.4 is 16.7 Å². The number of carbonyl (C=O) groups excluding carboxylic acids is 2. The molecule has 31 heavy (non-hydrogen) atoms. The number of nitrogens with zero attached hydrogens (tertiary/aromatic N) is 2. The molecule has 1 aromatic heterocycles. The van der Waals surface area contributed by atoms with Gasteiger partial charge in [-0.25, -0.2) is 14.4 Å². The molecule has 174 valence electrons. The zero-order valence-electron chi connectivity index (χ0n) is 18.1. The molecular formula is C19H30N4O8. The van der Waals surface area contributed by atoms with Crippen LogP contribution in [0.25, 0.3) is 0 Å². The van der Waals surface area contributed by atoms with Gasteiger partial charge in [0, 0.05) is 6.20 Å². The van der Waals surface area contributed by atoms with Crippen molar-refractivity contribution in [3.63, 3.8) is 0 Å². The van der Waals surface area contributed by atoms with Crippen LogP contribution >= 0.6 is 0 Å². The quantitative estimate of drug-likeness (QED) is 0.422. The van der Waals surface area contributed by atoms with Gasteiger partial charge in [-0.2, -0.15) is 4.98 Å². The maximum atomic E-state index is 12.8. The van der Waals surface area contributed by atoms with Crippen LogP contribution in [-0.4, -0.2) is 68.4 Å². The fourth-order valence-corrected chi connectivity index (χ4v) is 3.00. The second-order valence-corrected chi connectivity index (χ2v) is 8.55. The summed E-state index contributed by atoms with van der Waals surface area (Å²) in [5.74, 6) is -1.23. The molecule has 2 rings (SSSR count). The van der Waals surface area contributed by atoms with Gasteiger partial charge in [-0.15, -0.1) is 0 Å². The second kappa shape index (κ2) is 9.62. The molecule has 0 saturated carbocycles. The van der Waals surface area contributed by atoms with Crippen molar-refractivity contribution < 1.29 is 34.0 Å². The highest BCUT2D eigenvalue weighted by Gasteiger charge is 2.48. The molecule has 0 aliphatic carbocycles. The number of amides is 1. The zero-order chi connectivity index (χ0) is 23.5. The molecule has 12 heteroatoms. The minimum atomic E-state index is -1.49. The van der Waals surface area contributed by atoms with E-state index in [1.165, 1.54) is 12.3 Å². The zero-order valence-corrected chi connectivity index (χ0v) is 18.1. The summed E-state index contributed by atoms with van der Waals surface area (Å²) in [6, 6.07) is 0.256. The SMILES string of the molecule is CC(C)C(NC(=O)OC(C)(C)C)C(=O)OC1C(O)[C@H](n2ccc(N)nc2=O)O[C@@H]1CO. The molecule has 2 heterocycles. The molecule has 3 unspecified atom stereocenters. The number of alkyl carbamates (subject to hydrolysis) is 1. The number of ether oxygens (including phenoxy) is 3. The summed E-state index contributed by atoms with van der Waals surface area (Å²) in [5, 5.41) is 22.7. The first-order valence-corrected chi connectivity index (χ1v) is 9.83. The number of anilines is 1. The van der Waals surface area contributed by atoms with E-state index in [1.54, 1.807) is 34.6 Å². The van der Waals surface area contributed by atoms with Crippen LogP contribution in [0.15, 0.2) is 17.1 Å². The smallest absolute Gasteiger partial charge is 0.408 e. The molecule has 0 radical (unpaired) electrons. The van der Waals surface area contributed by atoms with E-state index < -0.39 is 60.5 Å². The van der Waals surface area contributed by atoms with Gasteiger partial charge in [-0.3, -0.25) is 4.57 Å². The van der Waals surface area contributed by atoms with E-state index in [0.29, 0.717) is 0 Å². The van der Waals surface area contributed by atoms with Gasteiger partial charge in [0.15, 0.2) is 12.3 Å². The largest absolute Gasteiger partial charge is 0.455 e.